The van der Waals surface area contributed by atoms with Crippen molar-refractivity contribution in [1.82, 2.24) is 0 Å². The third-order valence-electron chi connectivity index (χ3n) is 2.13. The molecule has 0 atom stereocenters. The highest BCUT2D eigenvalue weighted by Crippen LogP contribution is 2.20. The summed E-state index contributed by atoms with van der Waals surface area (Å²) in [6.07, 6.45) is 0.798. The van der Waals surface area contributed by atoms with Crippen LogP contribution in [0.2, 0.25) is 0 Å². The minimum atomic E-state index is 0.679. The van der Waals surface area contributed by atoms with E-state index in [9.17, 15) is 0 Å². The molecular formula is C13H13O. The topological polar surface area (TPSA) is 9.23 Å². The van der Waals surface area contributed by atoms with Gasteiger partial charge in [-0.05, 0) is 36.2 Å². The molecule has 0 saturated heterocycles. The first-order chi connectivity index (χ1) is 6.90. The van der Waals surface area contributed by atoms with Gasteiger partial charge in [-0.3, -0.25) is 0 Å². The van der Waals surface area contributed by atoms with Crippen molar-refractivity contribution in [3.8, 4) is 5.75 Å². The zero-order valence-electron chi connectivity index (χ0n) is 8.07. The lowest BCUT2D eigenvalue weighted by atomic mass is 10.1. The quantitative estimate of drug-likeness (QED) is 0.711. The van der Waals surface area contributed by atoms with E-state index in [0.29, 0.717) is 6.61 Å². The Morgan fingerprint density at radius 3 is 2.57 bits per heavy atom. The van der Waals surface area contributed by atoms with Gasteiger partial charge in [-0.25, -0.2) is 0 Å². The smallest absolute Gasteiger partial charge is 0.119 e. The average molecular weight is 185 g/mol. The SMILES string of the molecule is [CH2]CCOc1ccc2ccccc2c1. The summed E-state index contributed by atoms with van der Waals surface area (Å²) in [6.45, 7) is 4.42. The Kier molecular flexibility index (Phi) is 2.68. The molecule has 0 aromatic heterocycles. The highest BCUT2D eigenvalue weighted by atomic mass is 16.5. The van der Waals surface area contributed by atoms with Gasteiger partial charge < -0.3 is 4.74 Å². The summed E-state index contributed by atoms with van der Waals surface area (Å²) in [5, 5.41) is 2.46. The fourth-order valence-corrected chi connectivity index (χ4v) is 1.45. The number of ether oxygens (including phenoxy) is 1. The monoisotopic (exact) mass is 185 g/mol. The van der Waals surface area contributed by atoms with E-state index in [-0.39, 0.29) is 0 Å². The Morgan fingerprint density at radius 2 is 1.79 bits per heavy atom. The van der Waals surface area contributed by atoms with Gasteiger partial charge in [0.25, 0.3) is 0 Å². The van der Waals surface area contributed by atoms with Crippen LogP contribution in [0.1, 0.15) is 6.42 Å². The molecule has 0 unspecified atom stereocenters. The Labute approximate surface area is 84.3 Å². The van der Waals surface area contributed by atoms with Gasteiger partial charge in [-0.1, -0.05) is 30.3 Å². The fourth-order valence-electron chi connectivity index (χ4n) is 1.45. The molecule has 0 saturated carbocycles. The molecule has 71 valence electrons. The predicted molar refractivity (Wildman–Crippen MR) is 59.4 cm³/mol. The minimum Gasteiger partial charge on any atom is -0.494 e. The molecular weight excluding hydrogens is 172 g/mol. The van der Waals surface area contributed by atoms with Crippen LogP contribution in [0, 0.1) is 6.92 Å². The van der Waals surface area contributed by atoms with Crippen LogP contribution >= 0.6 is 0 Å². The fraction of sp³-hybridized carbons (Fsp3) is 0.154. The van der Waals surface area contributed by atoms with Crippen molar-refractivity contribution in [3.05, 3.63) is 49.4 Å². The highest BCUT2D eigenvalue weighted by molar-refractivity contribution is 5.83. The highest BCUT2D eigenvalue weighted by Gasteiger charge is 1.95. The lowest BCUT2D eigenvalue weighted by Crippen LogP contribution is -1.94. The first-order valence-corrected chi connectivity index (χ1v) is 4.81. The van der Waals surface area contributed by atoms with Crippen molar-refractivity contribution in [3.63, 3.8) is 0 Å². The molecule has 0 heterocycles. The lowest BCUT2D eigenvalue weighted by molar-refractivity contribution is 0.325. The van der Waals surface area contributed by atoms with E-state index in [1.54, 1.807) is 0 Å². The largest absolute Gasteiger partial charge is 0.494 e. The first-order valence-electron chi connectivity index (χ1n) is 4.81. The van der Waals surface area contributed by atoms with Crippen LogP contribution in [-0.2, 0) is 0 Å². The van der Waals surface area contributed by atoms with Gasteiger partial charge >= 0.3 is 0 Å². The maximum Gasteiger partial charge on any atom is 0.119 e. The van der Waals surface area contributed by atoms with Gasteiger partial charge in [0.1, 0.15) is 5.75 Å². The van der Waals surface area contributed by atoms with Crippen LogP contribution < -0.4 is 4.74 Å². The summed E-state index contributed by atoms with van der Waals surface area (Å²) in [5.41, 5.74) is 0. The van der Waals surface area contributed by atoms with Gasteiger partial charge in [0.2, 0.25) is 0 Å². The number of hydrogen-bond acceptors (Lipinski definition) is 1. The number of rotatable bonds is 3. The van der Waals surface area contributed by atoms with E-state index in [0.717, 1.165) is 12.2 Å². The summed E-state index contributed by atoms with van der Waals surface area (Å²) in [6, 6.07) is 14.4. The van der Waals surface area contributed by atoms with Gasteiger partial charge in [-0.2, -0.15) is 0 Å². The molecule has 0 aliphatic heterocycles. The second-order valence-electron chi connectivity index (χ2n) is 3.21. The van der Waals surface area contributed by atoms with Crippen LogP contribution in [-0.4, -0.2) is 6.61 Å². The molecule has 1 nitrogen and oxygen atoms in total. The number of benzene rings is 2. The molecule has 2 aromatic rings. The van der Waals surface area contributed by atoms with E-state index in [1.807, 2.05) is 18.2 Å². The van der Waals surface area contributed by atoms with Crippen LogP contribution in [0.5, 0.6) is 5.75 Å². The Hall–Kier alpha value is -1.50. The lowest BCUT2D eigenvalue weighted by Gasteiger charge is -2.05. The van der Waals surface area contributed by atoms with Crippen molar-refractivity contribution < 1.29 is 4.74 Å². The molecule has 1 heteroatoms. The Morgan fingerprint density at radius 1 is 1.00 bits per heavy atom. The Balaban J connectivity index is 2.32. The maximum atomic E-state index is 5.50. The summed E-state index contributed by atoms with van der Waals surface area (Å²) < 4.78 is 5.50. The molecule has 0 bridgehead atoms. The van der Waals surface area contributed by atoms with Crippen LogP contribution in [0.25, 0.3) is 10.8 Å². The molecule has 2 aromatic carbocycles. The standard InChI is InChI=1S/C13H13O/c1-2-9-14-13-8-7-11-5-3-4-6-12(11)10-13/h3-8,10H,1-2,9H2. The van der Waals surface area contributed by atoms with Gasteiger partial charge in [0.05, 0.1) is 6.61 Å². The second kappa shape index (κ2) is 4.14. The molecule has 0 spiro atoms. The minimum absolute atomic E-state index is 0.679. The first kappa shape index (κ1) is 9.07. The second-order valence-corrected chi connectivity index (χ2v) is 3.21. The summed E-state index contributed by atoms with van der Waals surface area (Å²) in [5.74, 6) is 0.923. The molecule has 0 amide bonds. The molecule has 0 aliphatic carbocycles. The van der Waals surface area contributed by atoms with E-state index in [1.165, 1.54) is 10.8 Å². The predicted octanol–water partition coefficient (Wildman–Crippen LogP) is 3.44. The van der Waals surface area contributed by atoms with Crippen molar-refractivity contribution in [1.29, 1.82) is 0 Å². The molecule has 2 rings (SSSR count). The zero-order valence-corrected chi connectivity index (χ0v) is 8.07. The zero-order chi connectivity index (χ0) is 9.80. The van der Waals surface area contributed by atoms with E-state index in [4.69, 9.17) is 4.74 Å². The van der Waals surface area contributed by atoms with Crippen LogP contribution in [0.4, 0.5) is 0 Å². The summed E-state index contributed by atoms with van der Waals surface area (Å²) >= 11 is 0. The normalized spacial score (nSPS) is 10.4. The molecule has 14 heavy (non-hydrogen) atoms. The molecule has 0 aliphatic rings. The average Bonchev–Trinajstić information content (AvgIpc) is 2.26. The van der Waals surface area contributed by atoms with Gasteiger partial charge in [-0.15, -0.1) is 0 Å². The summed E-state index contributed by atoms with van der Waals surface area (Å²) in [4.78, 5) is 0. The molecule has 1 radical (unpaired) electrons. The van der Waals surface area contributed by atoms with Crippen LogP contribution in [0.15, 0.2) is 42.5 Å². The van der Waals surface area contributed by atoms with E-state index in [2.05, 4.69) is 31.2 Å². The van der Waals surface area contributed by atoms with Gasteiger partial charge in [0.15, 0.2) is 0 Å². The van der Waals surface area contributed by atoms with Crippen LogP contribution in [0.3, 0.4) is 0 Å². The van der Waals surface area contributed by atoms with Crippen molar-refractivity contribution >= 4 is 10.8 Å². The third-order valence-corrected chi connectivity index (χ3v) is 2.13. The maximum absolute atomic E-state index is 5.50. The van der Waals surface area contributed by atoms with Gasteiger partial charge in [0, 0.05) is 0 Å². The van der Waals surface area contributed by atoms with Crippen molar-refractivity contribution in [2.75, 3.05) is 6.61 Å². The third kappa shape index (κ3) is 1.87. The summed E-state index contributed by atoms with van der Waals surface area (Å²) in [7, 11) is 0. The molecule has 0 N–H and O–H groups in total. The Bertz CT molecular complexity index is 420. The van der Waals surface area contributed by atoms with E-state index < -0.39 is 0 Å². The number of fused-ring (bicyclic) bond motifs is 1. The van der Waals surface area contributed by atoms with Crippen molar-refractivity contribution in [2.24, 2.45) is 0 Å². The molecule has 0 fully saturated rings. The van der Waals surface area contributed by atoms with E-state index >= 15 is 0 Å². The van der Waals surface area contributed by atoms with Crippen molar-refractivity contribution in [2.45, 2.75) is 6.42 Å². The number of hydrogen-bond donors (Lipinski definition) is 0.